The molecule has 0 saturated carbocycles. The van der Waals surface area contributed by atoms with Gasteiger partial charge < -0.3 is 9.47 Å². The highest BCUT2D eigenvalue weighted by molar-refractivity contribution is 9.09. The maximum absolute atomic E-state index is 12.9. The lowest BCUT2D eigenvalue weighted by atomic mass is 9.90. The second-order valence-corrected chi connectivity index (χ2v) is 6.10. The van der Waals surface area contributed by atoms with Gasteiger partial charge in [-0.3, -0.25) is 14.6 Å². The first-order valence-corrected chi connectivity index (χ1v) is 7.92. The molecule has 1 fully saturated rings. The number of halogens is 1. The van der Waals surface area contributed by atoms with Gasteiger partial charge in [0.2, 0.25) is 5.72 Å². The first-order chi connectivity index (χ1) is 10.5. The van der Waals surface area contributed by atoms with Crippen LogP contribution < -0.4 is 0 Å². The maximum atomic E-state index is 12.9. The number of rotatable bonds is 3. The fourth-order valence-corrected chi connectivity index (χ4v) is 4.30. The largest absolute Gasteiger partial charge is 0.357 e. The molecule has 2 heterocycles. The Labute approximate surface area is 137 Å². The van der Waals surface area contributed by atoms with Gasteiger partial charge in [0, 0.05) is 26.3 Å². The molecule has 1 saturated heterocycles. The van der Waals surface area contributed by atoms with Gasteiger partial charge in [0.1, 0.15) is 0 Å². The fourth-order valence-electron chi connectivity index (χ4n) is 3.28. The van der Waals surface area contributed by atoms with Gasteiger partial charge in [0.15, 0.2) is 6.23 Å². The number of urea groups is 1. The van der Waals surface area contributed by atoms with Crippen LogP contribution in [0.15, 0.2) is 24.3 Å². The van der Waals surface area contributed by atoms with Gasteiger partial charge >= 0.3 is 6.03 Å². The summed E-state index contributed by atoms with van der Waals surface area (Å²) >= 11 is 3.57. The van der Waals surface area contributed by atoms with Gasteiger partial charge in [-0.25, -0.2) is 4.79 Å². The minimum absolute atomic E-state index is 0.284. The van der Waals surface area contributed by atoms with E-state index in [-0.39, 0.29) is 12.5 Å². The molecule has 7 heteroatoms. The number of likely N-dealkylation sites (N-methyl/N-ethyl adjacent to an activating group) is 1. The number of methoxy groups -OCH3 is 2. The zero-order valence-corrected chi connectivity index (χ0v) is 14.2. The number of imide groups is 1. The zero-order chi connectivity index (χ0) is 16.1. The first kappa shape index (κ1) is 15.5. The van der Waals surface area contributed by atoms with E-state index in [1.54, 1.807) is 6.92 Å². The van der Waals surface area contributed by atoms with Gasteiger partial charge in [-0.15, -0.1) is 0 Å². The third-order valence-electron chi connectivity index (χ3n) is 4.31. The Morgan fingerprint density at radius 1 is 1.23 bits per heavy atom. The highest BCUT2D eigenvalue weighted by atomic mass is 79.9. The number of alkyl halides is 1. The lowest BCUT2D eigenvalue weighted by molar-refractivity contribution is -0.184. The Morgan fingerprint density at radius 3 is 2.41 bits per heavy atom. The van der Waals surface area contributed by atoms with E-state index < -0.39 is 22.8 Å². The summed E-state index contributed by atoms with van der Waals surface area (Å²) < 4.78 is 11.1. The lowest BCUT2D eigenvalue weighted by Gasteiger charge is -2.46. The van der Waals surface area contributed by atoms with E-state index >= 15 is 0 Å². The van der Waals surface area contributed by atoms with E-state index in [2.05, 4.69) is 15.9 Å². The van der Waals surface area contributed by atoms with Crippen molar-refractivity contribution in [2.24, 2.45) is 0 Å². The van der Waals surface area contributed by atoms with E-state index in [4.69, 9.17) is 9.47 Å². The van der Waals surface area contributed by atoms with Crippen molar-refractivity contribution in [3.63, 3.8) is 0 Å². The molecule has 0 aliphatic carbocycles. The van der Waals surface area contributed by atoms with Gasteiger partial charge in [-0.05, 0) is 12.5 Å². The number of benzene rings is 1. The van der Waals surface area contributed by atoms with Gasteiger partial charge in [0.25, 0.3) is 5.91 Å². The molecule has 0 radical (unpaired) electrons. The van der Waals surface area contributed by atoms with E-state index in [0.717, 1.165) is 11.1 Å². The molecule has 0 aromatic heterocycles. The maximum Gasteiger partial charge on any atom is 0.331 e. The van der Waals surface area contributed by atoms with Crippen molar-refractivity contribution in [2.45, 2.75) is 23.7 Å². The van der Waals surface area contributed by atoms with Crippen LogP contribution >= 0.6 is 15.9 Å². The van der Waals surface area contributed by atoms with Crippen LogP contribution in [0.3, 0.4) is 0 Å². The molecule has 2 aliphatic heterocycles. The Kier molecular flexibility index (Phi) is 3.74. The smallest absolute Gasteiger partial charge is 0.331 e. The molecule has 3 amide bonds. The van der Waals surface area contributed by atoms with Crippen molar-refractivity contribution >= 4 is 27.9 Å². The monoisotopic (exact) mass is 368 g/mol. The normalized spacial score (nSPS) is 30.5. The summed E-state index contributed by atoms with van der Waals surface area (Å²) in [6.45, 7) is 2.04. The number of amides is 3. The summed E-state index contributed by atoms with van der Waals surface area (Å²) in [4.78, 5) is 27.7. The number of ether oxygens (including phenoxy) is 2. The van der Waals surface area contributed by atoms with Gasteiger partial charge in [0.05, 0.1) is 4.83 Å². The molecule has 6 nitrogen and oxygen atoms in total. The molecule has 0 N–H and O–H groups in total. The third kappa shape index (κ3) is 1.67. The van der Waals surface area contributed by atoms with Crippen LogP contribution in [0, 0.1) is 0 Å². The van der Waals surface area contributed by atoms with Crippen LogP contribution in [0.4, 0.5) is 4.79 Å². The predicted octanol–water partition coefficient (Wildman–Crippen LogP) is 2.41. The van der Waals surface area contributed by atoms with E-state index in [0.29, 0.717) is 0 Å². The standard InChI is InChI=1S/C15H17BrN2O4/c1-4-17-13(19)15(22-3)11(16)9-7-5-6-8-10(9)12(21-2)18(15)14(17)20/h5-8,11-12H,4H2,1-3H3. The van der Waals surface area contributed by atoms with E-state index in [1.807, 2.05) is 24.3 Å². The predicted molar refractivity (Wildman–Crippen MR) is 82.2 cm³/mol. The molecule has 0 spiro atoms. The molecule has 118 valence electrons. The molecular weight excluding hydrogens is 352 g/mol. The number of carbonyl (C=O) groups is 2. The fraction of sp³-hybridized carbons (Fsp3) is 0.467. The molecular formula is C15H17BrN2O4. The molecule has 22 heavy (non-hydrogen) atoms. The highest BCUT2D eigenvalue weighted by Crippen LogP contribution is 2.53. The van der Waals surface area contributed by atoms with Crippen molar-refractivity contribution in [1.29, 1.82) is 0 Å². The summed E-state index contributed by atoms with van der Waals surface area (Å²) in [5.41, 5.74) is 0.299. The van der Waals surface area contributed by atoms with Crippen LogP contribution in [0.5, 0.6) is 0 Å². The third-order valence-corrected chi connectivity index (χ3v) is 5.42. The summed E-state index contributed by atoms with van der Waals surface area (Å²) in [5.74, 6) is -0.374. The van der Waals surface area contributed by atoms with Gasteiger partial charge in [-0.2, -0.15) is 0 Å². The summed E-state index contributed by atoms with van der Waals surface area (Å²) in [6, 6.07) is 7.16. The van der Waals surface area contributed by atoms with Crippen LogP contribution in [-0.2, 0) is 14.3 Å². The average Bonchev–Trinajstić information content (AvgIpc) is 2.76. The molecule has 3 unspecified atom stereocenters. The molecule has 0 bridgehead atoms. The van der Waals surface area contributed by atoms with Crippen molar-refractivity contribution in [3.8, 4) is 0 Å². The number of carbonyl (C=O) groups excluding carboxylic acids is 2. The zero-order valence-electron chi connectivity index (χ0n) is 12.6. The second-order valence-electron chi connectivity index (χ2n) is 5.18. The second kappa shape index (κ2) is 5.33. The SMILES string of the molecule is CCN1C(=O)N2C(OC)c3ccccc3C(Br)C2(OC)C1=O. The van der Waals surface area contributed by atoms with Crippen molar-refractivity contribution in [3.05, 3.63) is 35.4 Å². The number of nitrogens with zero attached hydrogens (tertiary/aromatic N) is 2. The van der Waals surface area contributed by atoms with Crippen molar-refractivity contribution in [2.75, 3.05) is 20.8 Å². The Bertz CT molecular complexity index is 638. The number of fused-ring (bicyclic) bond motifs is 2. The minimum Gasteiger partial charge on any atom is -0.357 e. The summed E-state index contributed by atoms with van der Waals surface area (Å²) in [5, 5.41) is 0. The topological polar surface area (TPSA) is 59.1 Å². The molecule has 1 aromatic carbocycles. The first-order valence-electron chi connectivity index (χ1n) is 7.00. The molecule has 1 aromatic rings. The number of hydrogen-bond acceptors (Lipinski definition) is 4. The van der Waals surface area contributed by atoms with Gasteiger partial charge in [-0.1, -0.05) is 40.2 Å². The van der Waals surface area contributed by atoms with Crippen LogP contribution in [0.1, 0.15) is 29.1 Å². The lowest BCUT2D eigenvalue weighted by Crippen LogP contribution is -2.58. The minimum atomic E-state index is -1.43. The van der Waals surface area contributed by atoms with Crippen LogP contribution in [0.25, 0.3) is 0 Å². The summed E-state index contributed by atoms with van der Waals surface area (Å²) in [7, 11) is 2.95. The molecule has 3 atom stereocenters. The average molecular weight is 369 g/mol. The number of hydrogen-bond donors (Lipinski definition) is 0. The Balaban J connectivity index is 2.27. The van der Waals surface area contributed by atoms with Crippen LogP contribution in [0.2, 0.25) is 0 Å². The molecule has 3 rings (SSSR count). The van der Waals surface area contributed by atoms with Crippen molar-refractivity contribution in [1.82, 2.24) is 9.80 Å². The van der Waals surface area contributed by atoms with Crippen LogP contribution in [-0.4, -0.2) is 48.2 Å². The molecule has 2 aliphatic rings. The summed E-state index contributed by atoms with van der Waals surface area (Å²) in [6.07, 6.45) is -0.669. The van der Waals surface area contributed by atoms with Crippen molar-refractivity contribution < 1.29 is 19.1 Å². The van der Waals surface area contributed by atoms with E-state index in [1.165, 1.54) is 24.0 Å². The highest BCUT2D eigenvalue weighted by Gasteiger charge is 2.66. The Morgan fingerprint density at radius 2 is 1.86 bits per heavy atom. The Hall–Kier alpha value is -1.44. The quantitative estimate of drug-likeness (QED) is 0.607. The van der Waals surface area contributed by atoms with E-state index in [9.17, 15) is 9.59 Å².